The highest BCUT2D eigenvalue weighted by Crippen LogP contribution is 2.27. The minimum atomic E-state index is -3.50. The van der Waals surface area contributed by atoms with Crippen LogP contribution in [0, 0.1) is 0 Å². The van der Waals surface area contributed by atoms with Gasteiger partial charge in [-0.2, -0.15) is 0 Å². The van der Waals surface area contributed by atoms with Gasteiger partial charge in [0.1, 0.15) is 10.6 Å². The molecule has 0 fully saturated rings. The van der Waals surface area contributed by atoms with E-state index in [9.17, 15) is 8.42 Å². The second kappa shape index (κ2) is 7.77. The summed E-state index contributed by atoms with van der Waals surface area (Å²) in [6.45, 7) is 7.25. The van der Waals surface area contributed by atoms with E-state index < -0.39 is 10.0 Å². The Morgan fingerprint density at radius 1 is 1.33 bits per heavy atom. The minimum Gasteiger partial charge on any atom is -0.495 e. The maximum atomic E-state index is 12.5. The lowest BCUT2D eigenvalue weighted by Crippen LogP contribution is -2.28. The molecule has 1 rings (SSSR count). The first kappa shape index (κ1) is 17.9. The summed E-state index contributed by atoms with van der Waals surface area (Å²) in [6.07, 6.45) is 0.772. The molecule has 0 spiro atoms. The topological polar surface area (TPSA) is 58.6 Å². The van der Waals surface area contributed by atoms with Crippen LogP contribution in [0.3, 0.4) is 0 Å². The lowest BCUT2D eigenvalue weighted by molar-refractivity contribution is 0.397. The molecule has 0 radical (unpaired) electrons. The van der Waals surface area contributed by atoms with Crippen molar-refractivity contribution in [2.75, 3.05) is 20.7 Å². The third-order valence-electron chi connectivity index (χ3n) is 3.17. The fourth-order valence-corrected chi connectivity index (χ4v) is 3.36. The molecule has 0 saturated carbocycles. The molecule has 5 nitrogen and oxygen atoms in total. The molecular formula is C15H26N2O3S. The second-order valence-corrected chi connectivity index (χ2v) is 7.36. The smallest absolute Gasteiger partial charge is 0.246 e. The molecule has 0 bridgehead atoms. The molecule has 0 aliphatic rings. The SMILES string of the molecule is CCCN(C)S(=O)(=O)c1ccc(CNC(C)C)cc1OC. The molecule has 21 heavy (non-hydrogen) atoms. The van der Waals surface area contributed by atoms with Gasteiger partial charge in [-0.25, -0.2) is 12.7 Å². The number of rotatable bonds is 8. The summed E-state index contributed by atoms with van der Waals surface area (Å²) in [5.74, 6) is 0.390. The van der Waals surface area contributed by atoms with E-state index in [2.05, 4.69) is 19.2 Å². The maximum absolute atomic E-state index is 12.5. The predicted octanol–water partition coefficient (Wildman–Crippen LogP) is 2.22. The van der Waals surface area contributed by atoms with Gasteiger partial charge in [0, 0.05) is 26.2 Å². The van der Waals surface area contributed by atoms with Gasteiger partial charge >= 0.3 is 0 Å². The highest BCUT2D eigenvalue weighted by atomic mass is 32.2. The molecule has 0 amide bonds. The maximum Gasteiger partial charge on any atom is 0.246 e. The lowest BCUT2D eigenvalue weighted by Gasteiger charge is -2.19. The Hall–Kier alpha value is -1.11. The number of hydrogen-bond acceptors (Lipinski definition) is 4. The monoisotopic (exact) mass is 314 g/mol. The van der Waals surface area contributed by atoms with Crippen molar-refractivity contribution in [3.63, 3.8) is 0 Å². The summed E-state index contributed by atoms with van der Waals surface area (Å²) < 4.78 is 31.7. The summed E-state index contributed by atoms with van der Waals surface area (Å²) in [6, 6.07) is 5.60. The van der Waals surface area contributed by atoms with Crippen molar-refractivity contribution < 1.29 is 13.2 Å². The Kier molecular flexibility index (Phi) is 6.64. The molecule has 6 heteroatoms. The normalized spacial score (nSPS) is 12.1. The zero-order valence-corrected chi connectivity index (χ0v) is 14.3. The van der Waals surface area contributed by atoms with Crippen LogP contribution in [0.25, 0.3) is 0 Å². The van der Waals surface area contributed by atoms with Crippen LogP contribution < -0.4 is 10.1 Å². The quantitative estimate of drug-likeness (QED) is 0.799. The number of nitrogens with zero attached hydrogens (tertiary/aromatic N) is 1. The average molecular weight is 314 g/mol. The van der Waals surface area contributed by atoms with Crippen LogP contribution in [0.4, 0.5) is 0 Å². The molecule has 1 aromatic rings. The Bertz CT molecular complexity index is 556. The van der Waals surface area contributed by atoms with Crippen molar-refractivity contribution in [3.05, 3.63) is 23.8 Å². The van der Waals surface area contributed by atoms with Crippen LogP contribution in [0.1, 0.15) is 32.8 Å². The molecule has 0 heterocycles. The summed E-state index contributed by atoms with van der Waals surface area (Å²) in [4.78, 5) is 0.217. The number of hydrogen-bond donors (Lipinski definition) is 1. The Morgan fingerprint density at radius 3 is 2.52 bits per heavy atom. The van der Waals surface area contributed by atoms with E-state index in [0.717, 1.165) is 12.0 Å². The Balaban J connectivity index is 3.08. The average Bonchev–Trinajstić information content (AvgIpc) is 2.44. The number of methoxy groups -OCH3 is 1. The molecule has 1 N–H and O–H groups in total. The predicted molar refractivity (Wildman–Crippen MR) is 85.1 cm³/mol. The standard InChI is InChI=1S/C15H26N2O3S/c1-6-9-17(4)21(18,19)15-8-7-13(10-14(15)20-5)11-16-12(2)3/h7-8,10,12,16H,6,9,11H2,1-5H3. The Morgan fingerprint density at radius 2 is 2.00 bits per heavy atom. The van der Waals surface area contributed by atoms with Crippen LogP contribution in [0.2, 0.25) is 0 Å². The number of benzene rings is 1. The van der Waals surface area contributed by atoms with E-state index in [1.54, 1.807) is 19.2 Å². The van der Waals surface area contributed by atoms with Crippen molar-refractivity contribution in [1.29, 1.82) is 0 Å². The van der Waals surface area contributed by atoms with Gasteiger partial charge in [-0.05, 0) is 24.1 Å². The Labute approximate surface area is 128 Å². The van der Waals surface area contributed by atoms with Crippen molar-refractivity contribution in [3.8, 4) is 5.75 Å². The first-order valence-corrected chi connectivity index (χ1v) is 8.63. The van der Waals surface area contributed by atoms with E-state index in [0.29, 0.717) is 24.9 Å². The van der Waals surface area contributed by atoms with Crippen LogP contribution in [0.15, 0.2) is 23.1 Å². The molecule has 0 saturated heterocycles. The second-order valence-electron chi connectivity index (χ2n) is 5.35. The first-order chi connectivity index (χ1) is 9.82. The van der Waals surface area contributed by atoms with Crippen LogP contribution in [-0.4, -0.2) is 39.5 Å². The molecule has 1 aromatic carbocycles. The summed E-state index contributed by atoms with van der Waals surface area (Å²) in [7, 11) is -0.420. The van der Waals surface area contributed by atoms with Gasteiger partial charge in [-0.1, -0.05) is 26.8 Å². The zero-order chi connectivity index (χ0) is 16.0. The number of ether oxygens (including phenoxy) is 1. The largest absolute Gasteiger partial charge is 0.495 e. The van der Waals surface area contributed by atoms with Crippen molar-refractivity contribution in [2.24, 2.45) is 0 Å². The summed E-state index contributed by atoms with van der Waals surface area (Å²) in [5, 5.41) is 3.30. The van der Waals surface area contributed by atoms with Gasteiger partial charge in [-0.3, -0.25) is 0 Å². The van der Waals surface area contributed by atoms with Crippen LogP contribution in [-0.2, 0) is 16.6 Å². The fourth-order valence-electron chi connectivity index (χ4n) is 1.96. The van der Waals surface area contributed by atoms with E-state index in [-0.39, 0.29) is 4.90 Å². The van der Waals surface area contributed by atoms with E-state index >= 15 is 0 Å². The number of sulfonamides is 1. The van der Waals surface area contributed by atoms with Crippen molar-refractivity contribution in [1.82, 2.24) is 9.62 Å². The molecule has 120 valence electrons. The van der Waals surface area contributed by atoms with Gasteiger partial charge in [0.2, 0.25) is 10.0 Å². The molecule has 0 aromatic heterocycles. The third kappa shape index (κ3) is 4.69. The van der Waals surface area contributed by atoms with E-state index in [1.807, 2.05) is 13.0 Å². The van der Waals surface area contributed by atoms with Crippen molar-refractivity contribution in [2.45, 2.75) is 44.7 Å². The molecule has 0 unspecified atom stereocenters. The summed E-state index contributed by atoms with van der Waals surface area (Å²) >= 11 is 0. The van der Waals surface area contributed by atoms with Crippen molar-refractivity contribution >= 4 is 10.0 Å². The van der Waals surface area contributed by atoms with E-state index in [4.69, 9.17) is 4.74 Å². The third-order valence-corrected chi connectivity index (χ3v) is 5.07. The number of nitrogens with one attached hydrogen (secondary N) is 1. The highest BCUT2D eigenvalue weighted by molar-refractivity contribution is 7.89. The lowest BCUT2D eigenvalue weighted by atomic mass is 10.2. The molecule has 0 aliphatic heterocycles. The highest BCUT2D eigenvalue weighted by Gasteiger charge is 2.24. The fraction of sp³-hybridized carbons (Fsp3) is 0.600. The van der Waals surface area contributed by atoms with Gasteiger partial charge < -0.3 is 10.1 Å². The van der Waals surface area contributed by atoms with Gasteiger partial charge in [0.15, 0.2) is 0 Å². The summed E-state index contributed by atoms with van der Waals surface area (Å²) in [5.41, 5.74) is 0.998. The van der Waals surface area contributed by atoms with E-state index in [1.165, 1.54) is 11.4 Å². The molecular weight excluding hydrogens is 288 g/mol. The zero-order valence-electron chi connectivity index (χ0n) is 13.5. The molecule has 0 aliphatic carbocycles. The van der Waals surface area contributed by atoms with Crippen LogP contribution in [0.5, 0.6) is 5.75 Å². The van der Waals surface area contributed by atoms with Gasteiger partial charge in [-0.15, -0.1) is 0 Å². The van der Waals surface area contributed by atoms with Gasteiger partial charge in [0.05, 0.1) is 7.11 Å². The first-order valence-electron chi connectivity index (χ1n) is 7.19. The molecule has 0 atom stereocenters. The van der Waals surface area contributed by atoms with Gasteiger partial charge in [0.25, 0.3) is 0 Å². The van der Waals surface area contributed by atoms with Crippen LogP contribution >= 0.6 is 0 Å². The minimum absolute atomic E-state index is 0.217.